The smallest absolute Gasteiger partial charge is 0.232 e. The van der Waals surface area contributed by atoms with E-state index in [0.29, 0.717) is 11.0 Å². The number of thiophene rings is 1. The van der Waals surface area contributed by atoms with Crippen LogP contribution in [0.3, 0.4) is 0 Å². The molecule has 0 aliphatic heterocycles. The third-order valence-electron chi connectivity index (χ3n) is 1.56. The molecule has 0 aliphatic carbocycles. The Morgan fingerprint density at radius 2 is 2.38 bits per heavy atom. The molecule has 0 bridgehead atoms. The van der Waals surface area contributed by atoms with Gasteiger partial charge in [-0.05, 0) is 12.1 Å². The summed E-state index contributed by atoms with van der Waals surface area (Å²) < 4.78 is 1.29. The minimum atomic E-state index is 0.144. The van der Waals surface area contributed by atoms with Crippen molar-refractivity contribution in [2.45, 2.75) is 6.54 Å². The third kappa shape index (κ3) is 3.44. The molecule has 72 valence electrons. The summed E-state index contributed by atoms with van der Waals surface area (Å²) in [6.45, 7) is 0.652. The Morgan fingerprint density at radius 3 is 2.85 bits per heavy atom. The predicted octanol–water partition coefficient (Wildman–Crippen LogP) is 2.79. The van der Waals surface area contributed by atoms with Crippen molar-refractivity contribution in [3.63, 3.8) is 0 Å². The highest BCUT2D eigenvalue weighted by molar-refractivity contribution is 14.1. The van der Waals surface area contributed by atoms with Crippen LogP contribution in [0.4, 0.5) is 0 Å². The largest absolute Gasteiger partial charge is 0.340 e. The fourth-order valence-electron chi connectivity index (χ4n) is 0.861. The lowest BCUT2D eigenvalue weighted by Gasteiger charge is -2.13. The average Bonchev–Trinajstić information content (AvgIpc) is 2.49. The number of alkyl halides is 1. The molecule has 1 amide bonds. The fourth-order valence-corrected chi connectivity index (χ4v) is 2.58. The molecule has 5 heteroatoms. The van der Waals surface area contributed by atoms with Crippen molar-refractivity contribution in [3.05, 3.63) is 21.3 Å². The van der Waals surface area contributed by atoms with Gasteiger partial charge in [0.2, 0.25) is 5.91 Å². The van der Waals surface area contributed by atoms with Crippen LogP contribution in [0.15, 0.2) is 12.1 Å². The first-order valence-electron chi connectivity index (χ1n) is 3.67. The number of amides is 1. The number of carbonyl (C=O) groups excluding carboxylic acids is 1. The summed E-state index contributed by atoms with van der Waals surface area (Å²) in [7, 11) is 1.80. The Labute approximate surface area is 100 Å². The van der Waals surface area contributed by atoms with Crippen LogP contribution in [0.25, 0.3) is 0 Å². The van der Waals surface area contributed by atoms with E-state index in [9.17, 15) is 4.79 Å². The van der Waals surface area contributed by atoms with Gasteiger partial charge in [0.1, 0.15) is 0 Å². The molecule has 0 saturated heterocycles. The van der Waals surface area contributed by atoms with Gasteiger partial charge in [-0.2, -0.15) is 0 Å². The number of nitrogens with zero attached hydrogens (tertiary/aromatic N) is 1. The Kier molecular flexibility index (Phi) is 4.48. The zero-order valence-electron chi connectivity index (χ0n) is 7.09. The summed E-state index contributed by atoms with van der Waals surface area (Å²) in [5.74, 6) is 0.144. The van der Waals surface area contributed by atoms with Crippen LogP contribution in [0, 0.1) is 0 Å². The van der Waals surface area contributed by atoms with Gasteiger partial charge in [-0.3, -0.25) is 4.79 Å². The second-order valence-electron chi connectivity index (χ2n) is 2.59. The Morgan fingerprint density at radius 1 is 1.69 bits per heavy atom. The fraction of sp³-hybridized carbons (Fsp3) is 0.375. The molecule has 1 heterocycles. The van der Waals surface area contributed by atoms with Gasteiger partial charge in [-0.1, -0.05) is 34.2 Å². The van der Waals surface area contributed by atoms with E-state index in [1.54, 1.807) is 11.9 Å². The van der Waals surface area contributed by atoms with Crippen LogP contribution in [-0.2, 0) is 11.3 Å². The molecule has 0 radical (unpaired) electrons. The SMILES string of the molecule is CN(Cc1ccc(Cl)s1)C(=O)CI. The van der Waals surface area contributed by atoms with Gasteiger partial charge < -0.3 is 4.90 Å². The summed E-state index contributed by atoms with van der Waals surface area (Å²) in [6.07, 6.45) is 0. The van der Waals surface area contributed by atoms with Crippen LogP contribution in [0.2, 0.25) is 4.34 Å². The first-order valence-corrected chi connectivity index (χ1v) is 6.39. The molecular formula is C8H9ClINOS. The molecule has 0 unspecified atom stereocenters. The molecular weight excluding hydrogens is 321 g/mol. The molecule has 0 fully saturated rings. The zero-order chi connectivity index (χ0) is 9.84. The van der Waals surface area contributed by atoms with Crippen LogP contribution in [-0.4, -0.2) is 22.3 Å². The summed E-state index contributed by atoms with van der Waals surface area (Å²) in [5, 5.41) is 0. The molecule has 0 aromatic carbocycles. The highest BCUT2D eigenvalue weighted by Crippen LogP contribution is 2.22. The van der Waals surface area contributed by atoms with Crippen molar-refractivity contribution in [1.82, 2.24) is 4.90 Å². The van der Waals surface area contributed by atoms with E-state index in [-0.39, 0.29) is 5.91 Å². The highest BCUT2D eigenvalue weighted by atomic mass is 127. The van der Waals surface area contributed by atoms with Crippen molar-refractivity contribution in [2.75, 3.05) is 11.5 Å². The predicted molar refractivity (Wildman–Crippen MR) is 64.7 cm³/mol. The number of halogens is 2. The average molecular weight is 330 g/mol. The molecule has 0 atom stereocenters. The lowest BCUT2D eigenvalue weighted by atomic mass is 10.4. The standard InChI is InChI=1S/C8H9ClINOS/c1-11(8(12)4-10)5-6-2-3-7(9)13-6/h2-3H,4-5H2,1H3. The number of carbonyl (C=O) groups is 1. The molecule has 1 aromatic rings. The Balaban J connectivity index is 2.54. The maximum atomic E-state index is 11.2. The van der Waals surface area contributed by atoms with Gasteiger partial charge in [0, 0.05) is 11.9 Å². The van der Waals surface area contributed by atoms with E-state index in [1.165, 1.54) is 11.3 Å². The maximum absolute atomic E-state index is 11.2. The van der Waals surface area contributed by atoms with Crippen LogP contribution in [0.5, 0.6) is 0 Å². The summed E-state index contributed by atoms with van der Waals surface area (Å²) >= 11 is 9.35. The van der Waals surface area contributed by atoms with Gasteiger partial charge in [-0.25, -0.2) is 0 Å². The molecule has 0 saturated carbocycles. The Bertz CT molecular complexity index is 302. The van der Waals surface area contributed by atoms with Gasteiger partial charge >= 0.3 is 0 Å². The van der Waals surface area contributed by atoms with E-state index in [1.807, 2.05) is 12.1 Å². The van der Waals surface area contributed by atoms with Crippen molar-refractivity contribution >= 4 is 51.4 Å². The quantitative estimate of drug-likeness (QED) is 0.617. The van der Waals surface area contributed by atoms with Crippen molar-refractivity contribution < 1.29 is 4.79 Å². The molecule has 1 rings (SSSR count). The second kappa shape index (κ2) is 5.17. The summed E-state index contributed by atoms with van der Waals surface area (Å²) in [4.78, 5) is 14.0. The van der Waals surface area contributed by atoms with E-state index < -0.39 is 0 Å². The first kappa shape index (κ1) is 11.3. The molecule has 1 aromatic heterocycles. The molecule has 0 N–H and O–H groups in total. The number of rotatable bonds is 3. The van der Waals surface area contributed by atoms with Gasteiger partial charge in [0.25, 0.3) is 0 Å². The Hall–Kier alpha value is 0.190. The topological polar surface area (TPSA) is 20.3 Å². The molecule has 0 spiro atoms. The van der Waals surface area contributed by atoms with Crippen LogP contribution >= 0.6 is 45.5 Å². The van der Waals surface area contributed by atoms with E-state index in [4.69, 9.17) is 11.6 Å². The normalized spacial score (nSPS) is 10.1. The van der Waals surface area contributed by atoms with Gasteiger partial charge in [0.15, 0.2) is 0 Å². The van der Waals surface area contributed by atoms with Crippen molar-refractivity contribution in [1.29, 1.82) is 0 Å². The molecule has 0 aliphatic rings. The number of hydrogen-bond acceptors (Lipinski definition) is 2. The van der Waals surface area contributed by atoms with E-state index in [0.717, 1.165) is 9.21 Å². The second-order valence-corrected chi connectivity index (χ2v) is 5.15. The monoisotopic (exact) mass is 329 g/mol. The van der Waals surface area contributed by atoms with Crippen LogP contribution < -0.4 is 0 Å². The van der Waals surface area contributed by atoms with Crippen LogP contribution in [0.1, 0.15) is 4.88 Å². The lowest BCUT2D eigenvalue weighted by Crippen LogP contribution is -2.26. The zero-order valence-corrected chi connectivity index (χ0v) is 10.8. The van der Waals surface area contributed by atoms with Crippen molar-refractivity contribution in [3.8, 4) is 0 Å². The summed E-state index contributed by atoms with van der Waals surface area (Å²) in [5.41, 5.74) is 0. The van der Waals surface area contributed by atoms with Gasteiger partial charge in [-0.15, -0.1) is 11.3 Å². The van der Waals surface area contributed by atoms with Crippen molar-refractivity contribution in [2.24, 2.45) is 0 Å². The highest BCUT2D eigenvalue weighted by Gasteiger charge is 2.08. The summed E-state index contributed by atoms with van der Waals surface area (Å²) in [6, 6.07) is 3.80. The minimum absolute atomic E-state index is 0.144. The third-order valence-corrected chi connectivity index (χ3v) is 3.43. The lowest BCUT2D eigenvalue weighted by molar-refractivity contribution is -0.127. The minimum Gasteiger partial charge on any atom is -0.340 e. The number of hydrogen-bond donors (Lipinski definition) is 0. The van der Waals surface area contributed by atoms with Gasteiger partial charge in [0.05, 0.1) is 15.3 Å². The van der Waals surface area contributed by atoms with E-state index >= 15 is 0 Å². The molecule has 13 heavy (non-hydrogen) atoms. The van der Waals surface area contributed by atoms with E-state index in [2.05, 4.69) is 22.6 Å². The maximum Gasteiger partial charge on any atom is 0.232 e. The molecule has 2 nitrogen and oxygen atoms in total. The first-order chi connectivity index (χ1) is 6.13.